The Morgan fingerprint density at radius 2 is 1.97 bits per heavy atom. The number of carbonyl (C=O) groups is 3. The van der Waals surface area contributed by atoms with Gasteiger partial charge in [0, 0.05) is 44.6 Å². The van der Waals surface area contributed by atoms with Gasteiger partial charge in [-0.2, -0.15) is 0 Å². The van der Waals surface area contributed by atoms with Gasteiger partial charge >= 0.3 is 6.09 Å². The van der Waals surface area contributed by atoms with Crippen LogP contribution < -0.4 is 10.6 Å². The first-order chi connectivity index (χ1) is 16.8. The quantitative estimate of drug-likeness (QED) is 0.524. The van der Waals surface area contributed by atoms with E-state index in [-0.39, 0.29) is 24.4 Å². The lowest BCUT2D eigenvalue weighted by Gasteiger charge is -2.23. The van der Waals surface area contributed by atoms with Crippen LogP contribution in [0.15, 0.2) is 18.2 Å². The van der Waals surface area contributed by atoms with Gasteiger partial charge in [0.2, 0.25) is 0 Å². The van der Waals surface area contributed by atoms with E-state index >= 15 is 0 Å². The van der Waals surface area contributed by atoms with Crippen LogP contribution >= 0.6 is 34.3 Å². The van der Waals surface area contributed by atoms with Gasteiger partial charge in [-0.3, -0.25) is 14.5 Å². The number of hydrogen-bond acceptors (Lipinski definition) is 8. The van der Waals surface area contributed by atoms with Crippen molar-refractivity contribution in [2.45, 2.75) is 31.5 Å². The van der Waals surface area contributed by atoms with E-state index in [4.69, 9.17) is 21.1 Å². The number of amides is 3. The molecule has 0 saturated carbocycles. The van der Waals surface area contributed by atoms with Crippen LogP contribution in [0.1, 0.15) is 36.2 Å². The number of ether oxygens (including phenoxy) is 2. The fraction of sp³-hybridized carbons (Fsp3) is 0.522. The van der Waals surface area contributed by atoms with Gasteiger partial charge < -0.3 is 25.0 Å². The Morgan fingerprint density at radius 3 is 2.71 bits per heavy atom. The predicted molar refractivity (Wildman–Crippen MR) is 136 cm³/mol. The summed E-state index contributed by atoms with van der Waals surface area (Å²) in [4.78, 5) is 44.7. The first-order valence-electron chi connectivity index (χ1n) is 11.4. The van der Waals surface area contributed by atoms with Gasteiger partial charge in [0.05, 0.1) is 26.7 Å². The summed E-state index contributed by atoms with van der Waals surface area (Å²) in [5.41, 5.74) is 1.20. The highest BCUT2D eigenvalue weighted by atomic mass is 35.5. The van der Waals surface area contributed by atoms with E-state index in [0.717, 1.165) is 25.9 Å². The van der Waals surface area contributed by atoms with E-state index in [1.165, 1.54) is 33.1 Å². The van der Waals surface area contributed by atoms with Crippen LogP contribution in [-0.4, -0.2) is 86.9 Å². The lowest BCUT2D eigenvalue weighted by atomic mass is 10.1. The monoisotopic (exact) mass is 540 g/mol. The molecule has 2 aliphatic rings. The molecule has 0 bridgehead atoms. The van der Waals surface area contributed by atoms with E-state index in [0.29, 0.717) is 33.7 Å². The van der Waals surface area contributed by atoms with Crippen molar-refractivity contribution in [2.75, 3.05) is 46.9 Å². The second kappa shape index (κ2) is 11.7. The normalized spacial score (nSPS) is 20.3. The minimum atomic E-state index is -0.796. The summed E-state index contributed by atoms with van der Waals surface area (Å²) < 4.78 is 11.1. The van der Waals surface area contributed by atoms with Gasteiger partial charge in [-0.1, -0.05) is 11.6 Å². The molecule has 0 radical (unpaired) electrons. The van der Waals surface area contributed by atoms with Crippen LogP contribution in [0.3, 0.4) is 0 Å². The molecular formula is C23H29ClN4O5S2. The number of carbonyl (C=O) groups excluding carboxylic acids is 3. The minimum absolute atomic E-state index is 0.193. The molecule has 2 aliphatic heterocycles. The molecule has 2 aromatic heterocycles. The fourth-order valence-electron chi connectivity index (χ4n) is 4.20. The number of nitrogens with one attached hydrogen (secondary N) is 2. The lowest BCUT2D eigenvalue weighted by Crippen LogP contribution is -2.41. The zero-order valence-corrected chi connectivity index (χ0v) is 22.1. The van der Waals surface area contributed by atoms with Crippen molar-refractivity contribution in [3.63, 3.8) is 0 Å². The summed E-state index contributed by atoms with van der Waals surface area (Å²) in [7, 11) is 3.64. The van der Waals surface area contributed by atoms with Gasteiger partial charge in [0.1, 0.15) is 0 Å². The summed E-state index contributed by atoms with van der Waals surface area (Å²) in [5.74, 6) is -0.460. The van der Waals surface area contributed by atoms with Crippen LogP contribution in [0.5, 0.6) is 0 Å². The number of fused-ring (bicyclic) bond motifs is 1. The van der Waals surface area contributed by atoms with Crippen LogP contribution in [0, 0.1) is 0 Å². The highest BCUT2D eigenvalue weighted by Gasteiger charge is 2.40. The van der Waals surface area contributed by atoms with E-state index in [1.54, 1.807) is 24.1 Å². The zero-order chi connectivity index (χ0) is 24.9. The molecule has 4 rings (SSSR count). The Morgan fingerprint density at radius 1 is 1.17 bits per heavy atom. The largest absolute Gasteiger partial charge is 0.425 e. The highest BCUT2D eigenvalue weighted by molar-refractivity contribution is 7.18. The zero-order valence-electron chi connectivity index (χ0n) is 19.7. The molecule has 2 atom stereocenters. The van der Waals surface area contributed by atoms with Crippen molar-refractivity contribution in [3.05, 3.63) is 42.7 Å². The summed E-state index contributed by atoms with van der Waals surface area (Å²) >= 11 is 8.65. The van der Waals surface area contributed by atoms with Gasteiger partial charge in [0.15, 0.2) is 6.23 Å². The molecule has 0 aliphatic carbocycles. The number of likely N-dealkylation sites (N-methyl/N-ethyl adjacent to an activating group) is 1. The standard InChI is InChI=1S/C23H29ClN4O5S2/c1-27-8-5-14-11-18(34-16(14)6-9-27)22(30)28-13-15(26-21(29)17-3-4-19(24)35-17)12-20(28)33-23(31)25-7-10-32-2/h3-4,11,15,20H,5-10,12-13H2,1-2H3,(H,25,31)(H,26,29)/t15-,20+/m1/s1. The van der Waals surface area contributed by atoms with Gasteiger partial charge in [0.25, 0.3) is 11.8 Å². The molecule has 12 heteroatoms. The van der Waals surface area contributed by atoms with E-state index in [1.807, 2.05) is 6.07 Å². The topological polar surface area (TPSA) is 100 Å². The van der Waals surface area contributed by atoms with E-state index < -0.39 is 12.3 Å². The van der Waals surface area contributed by atoms with Crippen LogP contribution in [-0.2, 0) is 22.3 Å². The van der Waals surface area contributed by atoms with Gasteiger partial charge in [-0.25, -0.2) is 4.79 Å². The fourth-order valence-corrected chi connectivity index (χ4v) is 6.30. The number of nitrogens with zero attached hydrogens (tertiary/aromatic N) is 2. The number of hydrogen-bond donors (Lipinski definition) is 2. The van der Waals surface area contributed by atoms with Crippen molar-refractivity contribution in [2.24, 2.45) is 0 Å². The summed E-state index contributed by atoms with van der Waals surface area (Å²) in [6.45, 7) is 2.79. The number of alkyl carbamates (subject to hydrolysis) is 1. The van der Waals surface area contributed by atoms with Crippen LogP contribution in [0.2, 0.25) is 4.34 Å². The Kier molecular flexibility index (Phi) is 8.66. The molecule has 0 unspecified atom stereocenters. The Hall–Kier alpha value is -2.18. The van der Waals surface area contributed by atoms with E-state index in [9.17, 15) is 14.4 Å². The van der Waals surface area contributed by atoms with Crippen molar-refractivity contribution < 1.29 is 23.9 Å². The summed E-state index contributed by atoms with van der Waals surface area (Å²) in [6.07, 6.45) is 0.680. The number of likely N-dealkylation sites (tertiary alicyclic amines) is 1. The second-order valence-corrected chi connectivity index (χ2v) is 11.5. The third kappa shape index (κ3) is 6.53. The Labute approximate surface area is 217 Å². The molecule has 1 fully saturated rings. The van der Waals surface area contributed by atoms with Crippen LogP contribution in [0.4, 0.5) is 4.79 Å². The molecule has 3 amide bonds. The number of methoxy groups -OCH3 is 1. The SMILES string of the molecule is COCCNC(=O)O[C@H]1C[C@@H](NC(=O)c2ccc(Cl)s2)CN1C(=O)c1cc2c(s1)CCN(C)CC2. The summed E-state index contributed by atoms with van der Waals surface area (Å²) in [5, 5.41) is 5.57. The average molecular weight is 541 g/mol. The van der Waals surface area contributed by atoms with Gasteiger partial charge in [-0.05, 0) is 43.7 Å². The third-order valence-corrected chi connectivity index (χ3v) is 8.51. The number of rotatable bonds is 7. The minimum Gasteiger partial charge on any atom is -0.425 e. The Balaban J connectivity index is 1.47. The first-order valence-corrected chi connectivity index (χ1v) is 13.5. The lowest BCUT2D eigenvalue weighted by molar-refractivity contribution is 0.0140. The van der Waals surface area contributed by atoms with Crippen molar-refractivity contribution in [1.82, 2.24) is 20.4 Å². The van der Waals surface area contributed by atoms with Crippen molar-refractivity contribution in [3.8, 4) is 0 Å². The molecule has 35 heavy (non-hydrogen) atoms. The molecule has 190 valence electrons. The molecule has 1 saturated heterocycles. The smallest absolute Gasteiger partial charge is 0.409 e. The molecule has 9 nitrogen and oxygen atoms in total. The molecular weight excluding hydrogens is 512 g/mol. The molecule has 0 spiro atoms. The Bertz CT molecular complexity index is 1050. The van der Waals surface area contributed by atoms with Crippen molar-refractivity contribution in [1.29, 1.82) is 0 Å². The second-order valence-electron chi connectivity index (χ2n) is 8.61. The van der Waals surface area contributed by atoms with E-state index in [2.05, 4.69) is 22.6 Å². The maximum absolute atomic E-state index is 13.5. The molecule has 4 heterocycles. The molecule has 0 aromatic carbocycles. The number of halogens is 1. The van der Waals surface area contributed by atoms with Crippen LogP contribution in [0.25, 0.3) is 0 Å². The maximum atomic E-state index is 13.5. The number of thiophene rings is 2. The average Bonchev–Trinajstić information content (AvgIpc) is 3.52. The highest BCUT2D eigenvalue weighted by Crippen LogP contribution is 2.30. The third-order valence-electron chi connectivity index (χ3n) is 6.05. The molecule has 2 aromatic rings. The predicted octanol–water partition coefficient (Wildman–Crippen LogP) is 2.84. The first kappa shape index (κ1) is 25.9. The van der Waals surface area contributed by atoms with Gasteiger partial charge in [-0.15, -0.1) is 22.7 Å². The summed E-state index contributed by atoms with van der Waals surface area (Å²) in [6, 6.07) is 4.93. The molecule has 2 N–H and O–H groups in total. The van der Waals surface area contributed by atoms with Crippen molar-refractivity contribution >= 4 is 52.2 Å². The maximum Gasteiger partial charge on any atom is 0.409 e.